The quantitative estimate of drug-likeness (QED) is 0.0693. The first-order valence-electron chi connectivity index (χ1n) is 10.7. The monoisotopic (exact) mass is 582 g/mol. The number of carbonyl (C=O) groups excluding carboxylic acids is 5. The molecular weight excluding hydrogens is 548 g/mol. The Morgan fingerprint density at radius 2 is 1.05 bits per heavy atom. The predicted molar refractivity (Wildman–Crippen MR) is 139 cm³/mol. The van der Waals surface area contributed by atoms with Crippen molar-refractivity contribution in [3.05, 3.63) is 36.5 Å². The molecule has 0 aliphatic heterocycles. The maximum atomic E-state index is 10.9. The maximum Gasteiger partial charge on any atom is 0.409 e. The van der Waals surface area contributed by atoms with Crippen LogP contribution in [-0.4, -0.2) is 69.9 Å². The third-order valence-corrected chi connectivity index (χ3v) is 3.07. The van der Waals surface area contributed by atoms with Crippen molar-refractivity contribution in [1.82, 2.24) is 16.0 Å². The molecule has 17 heteroatoms. The highest BCUT2D eigenvalue weighted by molar-refractivity contribution is 6.02. The summed E-state index contributed by atoms with van der Waals surface area (Å²) in [5, 5.41) is 30.0. The number of esters is 2. The second kappa shape index (κ2) is 28.8. The second-order valence-electron chi connectivity index (χ2n) is 6.59. The largest absolute Gasteiger partial charge is 0.459 e. The zero-order valence-electron chi connectivity index (χ0n) is 22.2. The topological polar surface area (TPSA) is 248 Å². The molecule has 41 heavy (non-hydrogen) atoms. The molecule has 0 aromatic heterocycles. The maximum absolute atomic E-state index is 10.9. The molecule has 0 atom stereocenters. The normalized spacial score (nSPS) is 8.00. The van der Waals surface area contributed by atoms with Gasteiger partial charge in [-0.05, 0) is 20.8 Å². The van der Waals surface area contributed by atoms with Crippen LogP contribution in [0.4, 0.5) is 9.59 Å². The highest BCUT2D eigenvalue weighted by Gasteiger charge is 2.07. The molecule has 0 heterocycles. The minimum atomic E-state index is -0.762. The number of rotatable bonds is 13. The summed E-state index contributed by atoms with van der Waals surface area (Å²) in [6.45, 7) is 14.1. The van der Waals surface area contributed by atoms with Crippen LogP contribution < -0.4 is 16.0 Å². The van der Waals surface area contributed by atoms with Gasteiger partial charge in [0.15, 0.2) is 13.5 Å². The Hall–Kier alpha value is -5.76. The molecule has 0 aromatic carbocycles. The molecule has 0 rings (SSSR count). The number of urea groups is 1. The van der Waals surface area contributed by atoms with Gasteiger partial charge in [-0.2, -0.15) is 15.8 Å². The van der Waals surface area contributed by atoms with Crippen molar-refractivity contribution < 1.29 is 52.4 Å². The first kappa shape index (κ1) is 42.3. The van der Waals surface area contributed by atoms with Crippen LogP contribution in [0.1, 0.15) is 28.2 Å². The van der Waals surface area contributed by atoms with Crippen LogP contribution >= 0.6 is 0 Å². The molecule has 4 amide bonds. The average molecular weight is 583 g/mol. The predicted octanol–water partition coefficient (Wildman–Crippen LogP) is 1.37. The summed E-state index contributed by atoms with van der Waals surface area (Å²) in [6, 6.07) is -0.733. The molecule has 0 saturated carbocycles. The van der Waals surface area contributed by atoms with Crippen LogP contribution in [0, 0.1) is 34.6 Å². The Kier molecular flexibility index (Phi) is 29.7. The van der Waals surface area contributed by atoms with Gasteiger partial charge in [-0.15, -0.1) is 0 Å². The molecule has 0 fully saturated rings. The summed E-state index contributed by atoms with van der Waals surface area (Å²) >= 11 is 0. The molecular formula is C24H34N6O11. The standard InChI is InChI=1S/C9H12N2O5.C7H9N3O3.C7H9NO3.CH4/c1-7(2)8(12)15-3-4-16-9(13)11-6-14-5-10;1-5(2)6(11)10-7(12)9-4-13-3-8;1-6(2)7(9)11-4-3-10-5-8;/h1,3-4,6H2,2H3,(H,11,13);1,4H2,2H3,(H2,9,10,11,12);1,3-4H2,2H3;1H4. The zero-order chi connectivity index (χ0) is 31.3. The lowest BCUT2D eigenvalue weighted by molar-refractivity contribution is -0.140. The number of nitrogens with zero attached hydrogens (tertiary/aromatic N) is 3. The number of nitriles is 3. The lowest BCUT2D eigenvalue weighted by Crippen LogP contribution is -2.40. The van der Waals surface area contributed by atoms with E-state index < -0.39 is 30.0 Å². The van der Waals surface area contributed by atoms with Gasteiger partial charge in [-0.1, -0.05) is 27.2 Å². The van der Waals surface area contributed by atoms with E-state index in [0.29, 0.717) is 5.57 Å². The molecule has 0 spiro atoms. The molecule has 0 radical (unpaired) electrons. The van der Waals surface area contributed by atoms with Gasteiger partial charge < -0.3 is 33.7 Å². The number of alkyl carbamates (subject to hydrolysis) is 1. The molecule has 0 saturated heterocycles. The van der Waals surface area contributed by atoms with Gasteiger partial charge in [0.25, 0.3) is 24.7 Å². The van der Waals surface area contributed by atoms with Gasteiger partial charge in [0.1, 0.15) is 26.4 Å². The fourth-order valence-corrected chi connectivity index (χ4v) is 1.30. The number of hydrogen-bond donors (Lipinski definition) is 3. The Morgan fingerprint density at radius 3 is 1.46 bits per heavy atom. The van der Waals surface area contributed by atoms with E-state index in [0.717, 1.165) is 0 Å². The van der Waals surface area contributed by atoms with Crippen molar-refractivity contribution >= 4 is 30.0 Å². The van der Waals surface area contributed by atoms with E-state index >= 15 is 0 Å². The van der Waals surface area contributed by atoms with E-state index in [4.69, 9.17) is 15.8 Å². The fraction of sp³-hybridized carbons (Fsp3) is 0.417. The van der Waals surface area contributed by atoms with Gasteiger partial charge in [-0.25, -0.2) is 19.2 Å². The lowest BCUT2D eigenvalue weighted by atomic mass is 10.3. The molecule has 17 nitrogen and oxygen atoms in total. The highest BCUT2D eigenvalue weighted by Crippen LogP contribution is 1.92. The summed E-state index contributed by atoms with van der Waals surface area (Å²) in [5.41, 5.74) is 0.824. The summed E-state index contributed by atoms with van der Waals surface area (Å²) < 4.78 is 26.4. The number of imide groups is 1. The Balaban J connectivity index is -0.000000252. The fourth-order valence-electron chi connectivity index (χ4n) is 1.30. The lowest BCUT2D eigenvalue weighted by Gasteiger charge is -2.06. The van der Waals surface area contributed by atoms with E-state index in [9.17, 15) is 24.0 Å². The molecule has 0 bridgehead atoms. The van der Waals surface area contributed by atoms with Crippen LogP contribution in [0.15, 0.2) is 36.5 Å². The van der Waals surface area contributed by atoms with Crippen molar-refractivity contribution in [1.29, 1.82) is 15.8 Å². The first-order chi connectivity index (χ1) is 18.8. The van der Waals surface area contributed by atoms with E-state index in [1.165, 1.54) is 32.6 Å². The second-order valence-corrected chi connectivity index (χ2v) is 6.59. The average Bonchev–Trinajstić information content (AvgIpc) is 2.89. The van der Waals surface area contributed by atoms with Crippen molar-refractivity contribution in [3.8, 4) is 18.8 Å². The number of carbonyl (C=O) groups is 5. The summed E-state index contributed by atoms with van der Waals surface area (Å²) in [4.78, 5) is 53.9. The number of ether oxygens (including phenoxy) is 6. The number of nitrogens with one attached hydrogen (secondary N) is 3. The molecule has 226 valence electrons. The smallest absolute Gasteiger partial charge is 0.409 e. The third-order valence-electron chi connectivity index (χ3n) is 3.07. The van der Waals surface area contributed by atoms with Crippen molar-refractivity contribution in [2.45, 2.75) is 28.2 Å². The van der Waals surface area contributed by atoms with Gasteiger partial charge in [-0.3, -0.25) is 15.4 Å². The van der Waals surface area contributed by atoms with Crippen LogP contribution in [0.25, 0.3) is 0 Å². The molecule has 0 aliphatic carbocycles. The Labute approximate surface area is 237 Å². The van der Waals surface area contributed by atoms with E-state index in [-0.39, 0.29) is 58.5 Å². The molecule has 0 aliphatic rings. The summed E-state index contributed by atoms with van der Waals surface area (Å²) in [6.07, 6.45) is 3.42. The van der Waals surface area contributed by atoms with Gasteiger partial charge in [0.2, 0.25) is 0 Å². The third kappa shape index (κ3) is 32.2. The Morgan fingerprint density at radius 1 is 0.634 bits per heavy atom. The first-order valence-corrected chi connectivity index (χ1v) is 10.7. The molecule has 3 N–H and O–H groups in total. The molecule has 0 unspecified atom stereocenters. The highest BCUT2D eigenvalue weighted by atomic mass is 16.6. The van der Waals surface area contributed by atoms with Crippen LogP contribution in [-0.2, 0) is 42.8 Å². The minimum Gasteiger partial charge on any atom is -0.459 e. The molecule has 0 aromatic rings. The van der Waals surface area contributed by atoms with Crippen molar-refractivity contribution in [2.75, 3.05) is 39.9 Å². The van der Waals surface area contributed by atoms with Crippen molar-refractivity contribution in [3.63, 3.8) is 0 Å². The van der Waals surface area contributed by atoms with Crippen molar-refractivity contribution in [2.24, 2.45) is 0 Å². The van der Waals surface area contributed by atoms with E-state index in [1.54, 1.807) is 6.92 Å². The zero-order valence-corrected chi connectivity index (χ0v) is 22.2. The summed E-state index contributed by atoms with van der Waals surface area (Å²) in [7, 11) is 0. The van der Waals surface area contributed by atoms with E-state index in [1.807, 2.05) is 5.32 Å². The van der Waals surface area contributed by atoms with Crippen LogP contribution in [0.2, 0.25) is 0 Å². The van der Waals surface area contributed by atoms with Gasteiger partial charge in [0.05, 0.1) is 0 Å². The minimum absolute atomic E-state index is 0. The van der Waals surface area contributed by atoms with Crippen LogP contribution in [0.3, 0.4) is 0 Å². The number of amides is 4. The Bertz CT molecular complexity index is 1020. The SMILES string of the molecule is C.C=C(C)C(=O)NC(=O)NCOC#N.C=C(C)C(=O)OCCOC#N.C=C(C)C(=O)OCCOC(=O)NCOC#N. The summed E-state index contributed by atoms with van der Waals surface area (Å²) in [5.74, 6) is -1.59. The van der Waals surface area contributed by atoms with Crippen LogP contribution in [0.5, 0.6) is 0 Å². The van der Waals surface area contributed by atoms with Gasteiger partial charge in [0, 0.05) is 16.7 Å². The van der Waals surface area contributed by atoms with E-state index in [2.05, 4.69) is 58.8 Å². The van der Waals surface area contributed by atoms with Gasteiger partial charge >= 0.3 is 24.1 Å². The number of hydrogen-bond acceptors (Lipinski definition) is 14.